The molecule has 1 aromatic heterocycles. The van der Waals surface area contributed by atoms with Gasteiger partial charge in [0.15, 0.2) is 0 Å². The maximum atomic E-state index is 12.1. The first-order valence-electron chi connectivity index (χ1n) is 7.97. The van der Waals surface area contributed by atoms with Crippen LogP contribution in [0.25, 0.3) is 11.0 Å². The zero-order valence-electron chi connectivity index (χ0n) is 12.9. The molecule has 2 aromatic rings. The fourth-order valence-corrected chi connectivity index (χ4v) is 2.36. The van der Waals surface area contributed by atoms with Gasteiger partial charge in [0.1, 0.15) is 5.52 Å². The van der Waals surface area contributed by atoms with Gasteiger partial charge in [0.25, 0.3) is 5.91 Å². The molecule has 1 saturated carbocycles. The summed E-state index contributed by atoms with van der Waals surface area (Å²) in [5.74, 6) is 0.716. The van der Waals surface area contributed by atoms with Crippen molar-refractivity contribution in [3.05, 3.63) is 23.8 Å². The number of nitrogens with one attached hydrogen (secondary N) is 1. The lowest BCUT2D eigenvalue weighted by atomic mass is 10.2. The highest BCUT2D eigenvalue weighted by atomic mass is 16.5. The summed E-state index contributed by atoms with van der Waals surface area (Å²) >= 11 is 0. The molecule has 1 N–H and O–H groups in total. The largest absolute Gasteiger partial charge is 0.381 e. The van der Waals surface area contributed by atoms with E-state index >= 15 is 0 Å². The zero-order chi connectivity index (χ0) is 15.4. The number of ether oxygens (including phenoxy) is 1. The molecule has 1 amide bonds. The van der Waals surface area contributed by atoms with Crippen LogP contribution in [0.1, 0.15) is 36.5 Å². The van der Waals surface area contributed by atoms with Crippen molar-refractivity contribution in [3.63, 3.8) is 0 Å². The van der Waals surface area contributed by atoms with Gasteiger partial charge in [-0.05, 0) is 50.3 Å². The minimum atomic E-state index is -0.0739. The summed E-state index contributed by atoms with van der Waals surface area (Å²) in [7, 11) is 0. The van der Waals surface area contributed by atoms with Crippen molar-refractivity contribution in [1.82, 2.24) is 20.3 Å². The van der Waals surface area contributed by atoms with E-state index in [1.165, 1.54) is 12.8 Å². The average molecular weight is 302 g/mol. The number of aryl methyl sites for hydroxylation is 1. The smallest absolute Gasteiger partial charge is 0.251 e. The molecule has 0 bridgehead atoms. The lowest BCUT2D eigenvalue weighted by Gasteiger charge is -2.06. The standard InChI is InChI=1S/C16H22N4O2/c1-2-20-15-7-6-13(10-14(15)18-19-20)16(21)17-8-3-9-22-11-12-4-5-12/h6-7,10,12H,2-5,8-9,11H2,1H3,(H,17,21). The maximum Gasteiger partial charge on any atom is 0.251 e. The number of nitrogens with zero attached hydrogens (tertiary/aromatic N) is 3. The lowest BCUT2D eigenvalue weighted by Crippen LogP contribution is -2.25. The molecule has 1 heterocycles. The monoisotopic (exact) mass is 302 g/mol. The highest BCUT2D eigenvalue weighted by molar-refractivity contribution is 5.97. The third kappa shape index (κ3) is 3.62. The molecule has 1 aromatic carbocycles. The molecule has 22 heavy (non-hydrogen) atoms. The van der Waals surface area contributed by atoms with Gasteiger partial charge in [0.2, 0.25) is 0 Å². The Kier molecular flexibility index (Phi) is 4.68. The van der Waals surface area contributed by atoms with Gasteiger partial charge in [-0.15, -0.1) is 5.10 Å². The SMILES string of the molecule is CCn1nnc2cc(C(=O)NCCCOCC3CC3)ccc21. The Hall–Kier alpha value is -1.95. The van der Waals surface area contributed by atoms with E-state index in [0.717, 1.165) is 36.5 Å². The quantitative estimate of drug-likeness (QED) is 0.757. The van der Waals surface area contributed by atoms with E-state index in [4.69, 9.17) is 4.74 Å². The fourth-order valence-electron chi connectivity index (χ4n) is 2.36. The Morgan fingerprint density at radius 2 is 2.32 bits per heavy atom. The second-order valence-corrected chi connectivity index (χ2v) is 5.74. The van der Waals surface area contributed by atoms with Crippen molar-refractivity contribution in [2.45, 2.75) is 32.7 Å². The van der Waals surface area contributed by atoms with Gasteiger partial charge in [-0.25, -0.2) is 4.68 Å². The number of hydrogen-bond donors (Lipinski definition) is 1. The van der Waals surface area contributed by atoms with Crippen LogP contribution in [-0.2, 0) is 11.3 Å². The molecule has 0 radical (unpaired) electrons. The topological polar surface area (TPSA) is 69.0 Å². The molecule has 0 unspecified atom stereocenters. The minimum absolute atomic E-state index is 0.0739. The van der Waals surface area contributed by atoms with Crippen LogP contribution in [-0.4, -0.2) is 40.7 Å². The van der Waals surface area contributed by atoms with Crippen LogP contribution in [0, 0.1) is 5.92 Å². The summed E-state index contributed by atoms with van der Waals surface area (Å²) in [6.45, 7) is 4.99. The van der Waals surface area contributed by atoms with Gasteiger partial charge in [-0.1, -0.05) is 5.21 Å². The highest BCUT2D eigenvalue weighted by Crippen LogP contribution is 2.28. The van der Waals surface area contributed by atoms with E-state index in [9.17, 15) is 4.79 Å². The summed E-state index contributed by atoms with van der Waals surface area (Å²) in [6.07, 6.45) is 3.45. The van der Waals surface area contributed by atoms with Crippen molar-refractivity contribution >= 4 is 16.9 Å². The van der Waals surface area contributed by atoms with Crippen LogP contribution in [0.5, 0.6) is 0 Å². The normalized spacial score (nSPS) is 14.4. The van der Waals surface area contributed by atoms with E-state index < -0.39 is 0 Å². The number of hydrogen-bond acceptors (Lipinski definition) is 4. The van der Waals surface area contributed by atoms with E-state index in [-0.39, 0.29) is 5.91 Å². The first-order chi connectivity index (χ1) is 10.8. The highest BCUT2D eigenvalue weighted by Gasteiger charge is 2.20. The molecule has 0 saturated heterocycles. The van der Waals surface area contributed by atoms with E-state index in [0.29, 0.717) is 18.7 Å². The molecule has 6 heteroatoms. The first-order valence-corrected chi connectivity index (χ1v) is 7.97. The molecule has 0 spiro atoms. The number of benzene rings is 1. The summed E-state index contributed by atoms with van der Waals surface area (Å²) in [5, 5.41) is 11.1. The summed E-state index contributed by atoms with van der Waals surface area (Å²) in [4.78, 5) is 12.1. The van der Waals surface area contributed by atoms with Crippen LogP contribution < -0.4 is 5.32 Å². The fraction of sp³-hybridized carbons (Fsp3) is 0.562. The van der Waals surface area contributed by atoms with Crippen molar-refractivity contribution < 1.29 is 9.53 Å². The Morgan fingerprint density at radius 1 is 1.45 bits per heavy atom. The second-order valence-electron chi connectivity index (χ2n) is 5.74. The van der Waals surface area contributed by atoms with Crippen LogP contribution in [0.15, 0.2) is 18.2 Å². The second kappa shape index (κ2) is 6.87. The van der Waals surface area contributed by atoms with Gasteiger partial charge >= 0.3 is 0 Å². The molecular weight excluding hydrogens is 280 g/mol. The molecule has 1 aliphatic carbocycles. The van der Waals surface area contributed by atoms with Crippen LogP contribution in [0.2, 0.25) is 0 Å². The number of carbonyl (C=O) groups excluding carboxylic acids is 1. The number of rotatable bonds is 8. The Balaban J connectivity index is 1.46. The number of fused-ring (bicyclic) bond motifs is 1. The maximum absolute atomic E-state index is 12.1. The van der Waals surface area contributed by atoms with E-state index in [1.807, 2.05) is 23.7 Å². The molecule has 0 atom stereocenters. The van der Waals surface area contributed by atoms with Gasteiger partial charge in [-0.2, -0.15) is 0 Å². The van der Waals surface area contributed by atoms with Gasteiger partial charge in [0.05, 0.1) is 5.52 Å². The van der Waals surface area contributed by atoms with Gasteiger partial charge < -0.3 is 10.1 Å². The predicted octanol–water partition coefficient (Wildman–Crippen LogP) is 2.00. The van der Waals surface area contributed by atoms with Crippen LogP contribution >= 0.6 is 0 Å². The van der Waals surface area contributed by atoms with Gasteiger partial charge in [-0.3, -0.25) is 4.79 Å². The molecular formula is C16H22N4O2. The van der Waals surface area contributed by atoms with Crippen molar-refractivity contribution in [3.8, 4) is 0 Å². The van der Waals surface area contributed by atoms with Crippen LogP contribution in [0.3, 0.4) is 0 Å². The van der Waals surface area contributed by atoms with Crippen molar-refractivity contribution in [2.75, 3.05) is 19.8 Å². The van der Waals surface area contributed by atoms with E-state index in [2.05, 4.69) is 15.6 Å². The number of amides is 1. The lowest BCUT2D eigenvalue weighted by molar-refractivity contribution is 0.0937. The summed E-state index contributed by atoms with van der Waals surface area (Å²) in [5.41, 5.74) is 2.32. The molecule has 3 rings (SSSR count). The number of aromatic nitrogens is 3. The van der Waals surface area contributed by atoms with Gasteiger partial charge in [0, 0.05) is 31.9 Å². The van der Waals surface area contributed by atoms with Crippen LogP contribution in [0.4, 0.5) is 0 Å². The molecule has 1 aliphatic rings. The Labute approximate surface area is 129 Å². The average Bonchev–Trinajstić information content (AvgIpc) is 3.27. The number of carbonyl (C=O) groups is 1. The third-order valence-electron chi connectivity index (χ3n) is 3.88. The van der Waals surface area contributed by atoms with E-state index in [1.54, 1.807) is 6.07 Å². The third-order valence-corrected chi connectivity index (χ3v) is 3.88. The molecule has 1 fully saturated rings. The molecule has 0 aliphatic heterocycles. The predicted molar refractivity (Wildman–Crippen MR) is 83.7 cm³/mol. The molecule has 118 valence electrons. The van der Waals surface area contributed by atoms with Crippen molar-refractivity contribution in [1.29, 1.82) is 0 Å². The molecule has 6 nitrogen and oxygen atoms in total. The minimum Gasteiger partial charge on any atom is -0.381 e. The summed E-state index contributed by atoms with van der Waals surface area (Å²) in [6, 6.07) is 5.50. The Bertz CT molecular complexity index is 649. The first kappa shape index (κ1) is 15.0. The zero-order valence-corrected chi connectivity index (χ0v) is 12.9. The van der Waals surface area contributed by atoms with Crippen molar-refractivity contribution in [2.24, 2.45) is 5.92 Å². The summed E-state index contributed by atoms with van der Waals surface area (Å²) < 4.78 is 7.36. The Morgan fingerprint density at radius 3 is 3.09 bits per heavy atom.